The first-order valence-corrected chi connectivity index (χ1v) is 12.6. The summed E-state index contributed by atoms with van der Waals surface area (Å²) in [6, 6.07) is 16.9. The van der Waals surface area contributed by atoms with Crippen LogP contribution in [0.4, 0.5) is 0 Å². The standard InChI is InChI=1S/C26H32N4OS/c1-20-12-14-23(18-21(20)2)30-24(15-13-22-10-6-5-7-11-22)27-28-26(30)32-19-25(31)29-16-8-3-4-9-17-29/h5-7,10-12,14,18H,3-4,8-9,13,15-17,19H2,1-2H3. The van der Waals surface area contributed by atoms with Crippen molar-refractivity contribution in [3.63, 3.8) is 0 Å². The van der Waals surface area contributed by atoms with Gasteiger partial charge in [0.2, 0.25) is 5.91 Å². The van der Waals surface area contributed by atoms with Crippen LogP contribution in [0.3, 0.4) is 0 Å². The van der Waals surface area contributed by atoms with Crippen LogP contribution in [0.15, 0.2) is 53.7 Å². The lowest BCUT2D eigenvalue weighted by Gasteiger charge is -2.20. The molecule has 0 spiro atoms. The topological polar surface area (TPSA) is 51.0 Å². The largest absolute Gasteiger partial charge is 0.342 e. The molecule has 2 heterocycles. The van der Waals surface area contributed by atoms with Crippen molar-refractivity contribution in [3.8, 4) is 5.69 Å². The van der Waals surface area contributed by atoms with Gasteiger partial charge >= 0.3 is 0 Å². The van der Waals surface area contributed by atoms with Gasteiger partial charge in [0.25, 0.3) is 0 Å². The summed E-state index contributed by atoms with van der Waals surface area (Å²) < 4.78 is 2.13. The zero-order valence-corrected chi connectivity index (χ0v) is 19.9. The number of amides is 1. The fourth-order valence-corrected chi connectivity index (χ4v) is 4.99. The maximum Gasteiger partial charge on any atom is 0.233 e. The van der Waals surface area contributed by atoms with Crippen molar-refractivity contribution >= 4 is 17.7 Å². The van der Waals surface area contributed by atoms with E-state index in [0.29, 0.717) is 5.75 Å². The van der Waals surface area contributed by atoms with Gasteiger partial charge in [-0.05, 0) is 61.9 Å². The maximum atomic E-state index is 12.8. The van der Waals surface area contributed by atoms with Crippen molar-refractivity contribution in [2.24, 2.45) is 0 Å². The molecule has 0 saturated carbocycles. The van der Waals surface area contributed by atoms with Crippen LogP contribution < -0.4 is 0 Å². The van der Waals surface area contributed by atoms with E-state index in [1.807, 2.05) is 11.0 Å². The van der Waals surface area contributed by atoms with E-state index >= 15 is 0 Å². The van der Waals surface area contributed by atoms with Crippen molar-refractivity contribution in [1.82, 2.24) is 19.7 Å². The van der Waals surface area contributed by atoms with Gasteiger partial charge in [-0.1, -0.05) is 61.0 Å². The Balaban J connectivity index is 1.54. The van der Waals surface area contributed by atoms with Gasteiger partial charge in [-0.25, -0.2) is 0 Å². The molecule has 0 unspecified atom stereocenters. The molecule has 1 amide bonds. The van der Waals surface area contributed by atoms with Crippen LogP contribution in [-0.2, 0) is 17.6 Å². The van der Waals surface area contributed by atoms with Crippen LogP contribution in [0.1, 0.15) is 48.2 Å². The lowest BCUT2D eigenvalue weighted by atomic mass is 10.1. The molecule has 6 heteroatoms. The molecule has 0 aliphatic carbocycles. The number of benzene rings is 2. The van der Waals surface area contributed by atoms with Gasteiger partial charge in [0.1, 0.15) is 5.82 Å². The lowest BCUT2D eigenvalue weighted by Crippen LogP contribution is -2.33. The Hall–Kier alpha value is -2.60. The molecule has 5 nitrogen and oxygen atoms in total. The monoisotopic (exact) mass is 448 g/mol. The summed E-state index contributed by atoms with van der Waals surface area (Å²) in [4.78, 5) is 14.9. The first-order valence-electron chi connectivity index (χ1n) is 11.6. The minimum atomic E-state index is 0.206. The molecule has 0 bridgehead atoms. The first-order chi connectivity index (χ1) is 15.6. The summed E-state index contributed by atoms with van der Waals surface area (Å²) >= 11 is 1.50. The second-order valence-electron chi connectivity index (χ2n) is 8.57. The molecule has 168 valence electrons. The Morgan fingerprint density at radius 2 is 1.66 bits per heavy atom. The third kappa shape index (κ3) is 5.60. The average Bonchev–Trinajstić information content (AvgIpc) is 3.01. The summed E-state index contributed by atoms with van der Waals surface area (Å²) in [7, 11) is 0. The molecule has 1 aliphatic rings. The summed E-state index contributed by atoms with van der Waals surface area (Å²) in [5.74, 6) is 1.54. The van der Waals surface area contributed by atoms with Crippen molar-refractivity contribution in [1.29, 1.82) is 0 Å². The first kappa shape index (κ1) is 22.6. The Morgan fingerprint density at radius 1 is 0.906 bits per heavy atom. The number of carbonyl (C=O) groups excluding carboxylic acids is 1. The molecule has 1 aromatic heterocycles. The van der Waals surface area contributed by atoms with Crippen LogP contribution in [0.5, 0.6) is 0 Å². The highest BCUT2D eigenvalue weighted by Gasteiger charge is 2.19. The normalized spacial score (nSPS) is 14.4. The fraction of sp³-hybridized carbons (Fsp3) is 0.423. The molecule has 1 saturated heterocycles. The third-order valence-corrected chi connectivity index (χ3v) is 7.13. The summed E-state index contributed by atoms with van der Waals surface area (Å²) in [5, 5.41) is 9.82. The fourth-order valence-electron chi connectivity index (χ4n) is 4.12. The van der Waals surface area contributed by atoms with E-state index in [2.05, 4.69) is 71.1 Å². The average molecular weight is 449 g/mol. The number of likely N-dealkylation sites (tertiary alicyclic amines) is 1. The van der Waals surface area contributed by atoms with E-state index in [9.17, 15) is 4.79 Å². The van der Waals surface area contributed by atoms with E-state index < -0.39 is 0 Å². The number of hydrogen-bond acceptors (Lipinski definition) is 4. The number of rotatable bonds is 7. The van der Waals surface area contributed by atoms with E-state index in [0.717, 1.165) is 55.4 Å². The van der Waals surface area contributed by atoms with Gasteiger partial charge in [-0.3, -0.25) is 9.36 Å². The summed E-state index contributed by atoms with van der Waals surface area (Å²) in [6.45, 7) is 6.01. The molecule has 32 heavy (non-hydrogen) atoms. The van der Waals surface area contributed by atoms with E-state index in [4.69, 9.17) is 0 Å². The number of aromatic nitrogens is 3. The molecule has 1 fully saturated rings. The van der Waals surface area contributed by atoms with Crippen molar-refractivity contribution < 1.29 is 4.79 Å². The highest BCUT2D eigenvalue weighted by molar-refractivity contribution is 7.99. The molecule has 0 radical (unpaired) electrons. The molecular weight excluding hydrogens is 416 g/mol. The predicted octanol–water partition coefficient (Wildman–Crippen LogP) is 5.16. The van der Waals surface area contributed by atoms with Gasteiger partial charge in [0.15, 0.2) is 5.16 Å². The van der Waals surface area contributed by atoms with E-state index in [1.54, 1.807) is 0 Å². The minimum Gasteiger partial charge on any atom is -0.342 e. The van der Waals surface area contributed by atoms with Gasteiger partial charge in [-0.2, -0.15) is 0 Å². The van der Waals surface area contributed by atoms with Crippen molar-refractivity contribution in [2.75, 3.05) is 18.8 Å². The SMILES string of the molecule is Cc1ccc(-n2c(CCc3ccccc3)nnc2SCC(=O)N2CCCCCC2)cc1C. The maximum absolute atomic E-state index is 12.8. The highest BCUT2D eigenvalue weighted by Crippen LogP contribution is 2.25. The second-order valence-corrected chi connectivity index (χ2v) is 9.51. The predicted molar refractivity (Wildman–Crippen MR) is 130 cm³/mol. The number of hydrogen-bond donors (Lipinski definition) is 0. The van der Waals surface area contributed by atoms with Gasteiger partial charge in [0, 0.05) is 25.2 Å². The van der Waals surface area contributed by atoms with Crippen LogP contribution in [0, 0.1) is 13.8 Å². The molecular formula is C26H32N4OS. The summed E-state index contributed by atoms with van der Waals surface area (Å²) in [5.41, 5.74) is 4.85. The zero-order valence-electron chi connectivity index (χ0n) is 19.1. The number of thioether (sulfide) groups is 1. The van der Waals surface area contributed by atoms with Gasteiger partial charge in [-0.15, -0.1) is 10.2 Å². The number of carbonyl (C=O) groups is 1. The molecule has 0 atom stereocenters. The number of nitrogens with zero attached hydrogens (tertiary/aromatic N) is 4. The van der Waals surface area contributed by atoms with Crippen LogP contribution in [0.2, 0.25) is 0 Å². The van der Waals surface area contributed by atoms with E-state index in [-0.39, 0.29) is 5.91 Å². The molecule has 4 rings (SSSR count). The Kier molecular flexibility index (Phi) is 7.63. The molecule has 1 aliphatic heterocycles. The minimum absolute atomic E-state index is 0.206. The Bertz CT molecular complexity index is 1040. The number of aryl methyl sites for hydroxylation is 4. The second kappa shape index (κ2) is 10.8. The molecule has 2 aromatic carbocycles. The van der Waals surface area contributed by atoms with Gasteiger partial charge in [0.05, 0.1) is 5.75 Å². The van der Waals surface area contributed by atoms with Crippen molar-refractivity contribution in [2.45, 2.75) is 57.5 Å². The van der Waals surface area contributed by atoms with Crippen molar-refractivity contribution in [3.05, 3.63) is 71.0 Å². The third-order valence-electron chi connectivity index (χ3n) is 6.21. The molecule has 0 N–H and O–H groups in total. The van der Waals surface area contributed by atoms with E-state index in [1.165, 1.54) is 41.3 Å². The molecule has 3 aromatic rings. The van der Waals surface area contributed by atoms with Gasteiger partial charge < -0.3 is 4.90 Å². The van der Waals surface area contributed by atoms with Crippen LogP contribution in [-0.4, -0.2) is 44.4 Å². The Labute approximate surface area is 195 Å². The zero-order chi connectivity index (χ0) is 22.3. The lowest BCUT2D eigenvalue weighted by molar-refractivity contribution is -0.128. The van der Waals surface area contributed by atoms with Crippen LogP contribution in [0.25, 0.3) is 5.69 Å². The summed E-state index contributed by atoms with van der Waals surface area (Å²) in [6.07, 6.45) is 6.37. The van der Waals surface area contributed by atoms with Crippen LogP contribution >= 0.6 is 11.8 Å². The Morgan fingerprint density at radius 3 is 2.38 bits per heavy atom. The quantitative estimate of drug-likeness (QED) is 0.468. The highest BCUT2D eigenvalue weighted by atomic mass is 32.2. The smallest absolute Gasteiger partial charge is 0.233 e.